The zero-order chi connectivity index (χ0) is 12.6. The molecule has 0 bridgehead atoms. The van der Waals surface area contributed by atoms with Crippen molar-refractivity contribution in [1.29, 1.82) is 0 Å². The van der Waals surface area contributed by atoms with Gasteiger partial charge >= 0.3 is 6.18 Å². The van der Waals surface area contributed by atoms with Crippen LogP contribution in [0.3, 0.4) is 0 Å². The van der Waals surface area contributed by atoms with Crippen LogP contribution in [0.2, 0.25) is 0 Å². The lowest BCUT2D eigenvalue weighted by molar-refractivity contribution is -0.137. The Morgan fingerprint density at radius 3 is 1.88 bits per heavy atom. The molecule has 0 aromatic heterocycles. The number of hydrogen-bond acceptors (Lipinski definition) is 1. The second-order valence-electron chi connectivity index (χ2n) is 3.29. The molecule has 1 rings (SSSR count). The van der Waals surface area contributed by atoms with Gasteiger partial charge in [-0.15, -0.1) is 0 Å². The van der Waals surface area contributed by atoms with E-state index in [2.05, 4.69) is 31.9 Å². The summed E-state index contributed by atoms with van der Waals surface area (Å²) in [6, 6.07) is 4.09. The third-order valence-electron chi connectivity index (χ3n) is 1.87. The normalized spacial score (nSPS) is 12.6. The standard InChI is InChI=1S/C10H7Br2F3O/c1-9(11,12)8(16)6-2-4-7(5-3-6)10(13,14)15/h2-5H,1H3. The third kappa shape index (κ3) is 3.31. The number of rotatable bonds is 2. The van der Waals surface area contributed by atoms with Crippen molar-refractivity contribution in [2.45, 2.75) is 16.3 Å². The van der Waals surface area contributed by atoms with Crippen LogP contribution in [0, 0.1) is 0 Å². The Morgan fingerprint density at radius 1 is 1.12 bits per heavy atom. The molecule has 0 amide bonds. The van der Waals surface area contributed by atoms with Crippen LogP contribution in [-0.2, 0) is 6.18 Å². The second kappa shape index (κ2) is 4.49. The summed E-state index contributed by atoms with van der Waals surface area (Å²) >= 11 is 6.17. The van der Waals surface area contributed by atoms with Gasteiger partial charge in [-0.2, -0.15) is 13.2 Å². The van der Waals surface area contributed by atoms with Crippen molar-refractivity contribution in [1.82, 2.24) is 0 Å². The predicted octanol–water partition coefficient (Wildman–Crippen LogP) is 4.39. The lowest BCUT2D eigenvalue weighted by Crippen LogP contribution is -2.20. The summed E-state index contributed by atoms with van der Waals surface area (Å²) in [5.41, 5.74) is -0.556. The predicted molar refractivity (Wildman–Crippen MR) is 62.0 cm³/mol. The number of carbonyl (C=O) groups is 1. The van der Waals surface area contributed by atoms with Crippen molar-refractivity contribution >= 4 is 37.6 Å². The molecule has 0 aliphatic carbocycles. The molecule has 0 radical (unpaired) electrons. The Labute approximate surface area is 107 Å². The average molecular weight is 360 g/mol. The van der Waals surface area contributed by atoms with Crippen LogP contribution < -0.4 is 0 Å². The van der Waals surface area contributed by atoms with E-state index < -0.39 is 15.0 Å². The molecule has 1 aromatic carbocycles. The minimum absolute atomic E-state index is 0.212. The molecule has 0 saturated carbocycles. The minimum atomic E-state index is -4.38. The van der Waals surface area contributed by atoms with E-state index in [1.54, 1.807) is 6.92 Å². The fraction of sp³-hybridized carbons (Fsp3) is 0.300. The Hall–Kier alpha value is -0.360. The van der Waals surface area contributed by atoms with Crippen LogP contribution in [0.4, 0.5) is 13.2 Å². The maximum absolute atomic E-state index is 12.3. The first-order chi connectivity index (χ1) is 7.12. The van der Waals surface area contributed by atoms with E-state index in [-0.39, 0.29) is 11.3 Å². The average Bonchev–Trinajstić information content (AvgIpc) is 2.14. The first-order valence-electron chi connectivity index (χ1n) is 4.22. The van der Waals surface area contributed by atoms with Gasteiger partial charge in [0.2, 0.25) is 0 Å². The summed E-state index contributed by atoms with van der Waals surface area (Å²) in [6.07, 6.45) is -4.38. The molecular weight excluding hydrogens is 353 g/mol. The van der Waals surface area contributed by atoms with Crippen LogP contribution >= 0.6 is 31.9 Å². The first-order valence-corrected chi connectivity index (χ1v) is 5.81. The van der Waals surface area contributed by atoms with Crippen molar-refractivity contribution in [2.24, 2.45) is 0 Å². The van der Waals surface area contributed by atoms with Crippen LogP contribution in [-0.4, -0.2) is 9.02 Å². The molecule has 88 valence electrons. The highest BCUT2D eigenvalue weighted by molar-refractivity contribution is 9.25. The highest BCUT2D eigenvalue weighted by atomic mass is 79.9. The number of benzene rings is 1. The molecule has 0 saturated heterocycles. The molecule has 1 nitrogen and oxygen atoms in total. The van der Waals surface area contributed by atoms with Gasteiger partial charge in [0.05, 0.1) is 5.56 Å². The summed E-state index contributed by atoms with van der Waals surface area (Å²) in [6.45, 7) is 1.56. The lowest BCUT2D eigenvalue weighted by atomic mass is 10.1. The Kier molecular flexibility index (Phi) is 3.84. The van der Waals surface area contributed by atoms with Gasteiger partial charge in [-0.3, -0.25) is 4.79 Å². The van der Waals surface area contributed by atoms with Crippen LogP contribution in [0.1, 0.15) is 22.8 Å². The molecule has 1 aromatic rings. The van der Waals surface area contributed by atoms with E-state index in [0.717, 1.165) is 24.3 Å². The third-order valence-corrected chi connectivity index (χ3v) is 2.59. The summed E-state index contributed by atoms with van der Waals surface area (Å²) in [5.74, 6) is -0.332. The van der Waals surface area contributed by atoms with Gasteiger partial charge in [-0.25, -0.2) is 0 Å². The highest BCUT2D eigenvalue weighted by Crippen LogP contribution is 2.32. The maximum atomic E-state index is 12.3. The second-order valence-corrected chi connectivity index (χ2v) is 7.53. The quantitative estimate of drug-likeness (QED) is 0.565. The fourth-order valence-corrected chi connectivity index (χ4v) is 1.52. The number of alkyl halides is 5. The number of Topliss-reactive ketones (excluding diaryl/α,β-unsaturated/α-hetero) is 1. The summed E-state index contributed by atoms with van der Waals surface area (Å²) in [4.78, 5) is 11.7. The van der Waals surface area contributed by atoms with Gasteiger partial charge in [0.15, 0.2) is 5.78 Å². The Bertz CT molecular complexity index is 390. The monoisotopic (exact) mass is 358 g/mol. The van der Waals surface area contributed by atoms with Gasteiger partial charge in [-0.05, 0) is 19.1 Å². The van der Waals surface area contributed by atoms with Gasteiger partial charge in [-0.1, -0.05) is 44.0 Å². The van der Waals surface area contributed by atoms with Crippen molar-refractivity contribution < 1.29 is 18.0 Å². The highest BCUT2D eigenvalue weighted by Gasteiger charge is 2.31. The molecule has 0 spiro atoms. The van der Waals surface area contributed by atoms with Crippen molar-refractivity contribution in [3.05, 3.63) is 35.4 Å². The number of ketones is 1. The van der Waals surface area contributed by atoms with Crippen LogP contribution in [0.25, 0.3) is 0 Å². The molecule has 6 heteroatoms. The smallest absolute Gasteiger partial charge is 0.292 e. The van der Waals surface area contributed by atoms with Crippen LogP contribution in [0.5, 0.6) is 0 Å². The zero-order valence-electron chi connectivity index (χ0n) is 8.11. The summed E-state index contributed by atoms with van der Waals surface area (Å²) < 4.78 is 35.8. The van der Waals surface area contributed by atoms with E-state index in [0.29, 0.717) is 0 Å². The van der Waals surface area contributed by atoms with Gasteiger partial charge in [0.1, 0.15) is 3.23 Å². The SMILES string of the molecule is CC(Br)(Br)C(=O)c1ccc(C(F)(F)F)cc1. The van der Waals surface area contributed by atoms with E-state index >= 15 is 0 Å². The summed E-state index contributed by atoms with van der Waals surface area (Å²) in [7, 11) is 0. The maximum Gasteiger partial charge on any atom is 0.416 e. The van der Waals surface area contributed by atoms with Gasteiger partial charge in [0, 0.05) is 5.56 Å². The van der Waals surface area contributed by atoms with E-state index in [1.165, 1.54) is 0 Å². The Morgan fingerprint density at radius 2 is 1.56 bits per heavy atom. The molecule has 0 aliphatic heterocycles. The molecule has 0 heterocycles. The number of halogens is 5. The molecule has 0 unspecified atom stereocenters. The molecule has 0 atom stereocenters. The molecule has 16 heavy (non-hydrogen) atoms. The Balaban J connectivity index is 3.01. The zero-order valence-corrected chi connectivity index (χ0v) is 11.3. The van der Waals surface area contributed by atoms with Crippen molar-refractivity contribution in [3.8, 4) is 0 Å². The van der Waals surface area contributed by atoms with E-state index in [1.807, 2.05) is 0 Å². The van der Waals surface area contributed by atoms with Gasteiger partial charge in [0.25, 0.3) is 0 Å². The summed E-state index contributed by atoms with van der Waals surface area (Å²) in [5, 5.41) is 0. The van der Waals surface area contributed by atoms with Gasteiger partial charge < -0.3 is 0 Å². The minimum Gasteiger partial charge on any atom is -0.292 e. The topological polar surface area (TPSA) is 17.1 Å². The number of hydrogen-bond donors (Lipinski definition) is 0. The van der Waals surface area contributed by atoms with Crippen molar-refractivity contribution in [2.75, 3.05) is 0 Å². The largest absolute Gasteiger partial charge is 0.416 e. The molecule has 0 fully saturated rings. The fourth-order valence-electron chi connectivity index (χ4n) is 1.06. The molecular formula is C10H7Br2F3O. The van der Waals surface area contributed by atoms with Crippen LogP contribution in [0.15, 0.2) is 24.3 Å². The molecule has 0 aliphatic rings. The first kappa shape index (κ1) is 13.7. The van der Waals surface area contributed by atoms with Crippen molar-refractivity contribution in [3.63, 3.8) is 0 Å². The number of carbonyl (C=O) groups excluding carboxylic acids is 1. The molecule has 0 N–H and O–H groups in total. The van der Waals surface area contributed by atoms with E-state index in [4.69, 9.17) is 0 Å². The lowest BCUT2D eigenvalue weighted by Gasteiger charge is -2.13. The van der Waals surface area contributed by atoms with E-state index in [9.17, 15) is 18.0 Å².